The van der Waals surface area contributed by atoms with Gasteiger partial charge in [-0.15, -0.1) is 0 Å². The van der Waals surface area contributed by atoms with Gasteiger partial charge in [-0.25, -0.2) is 4.79 Å². The first kappa shape index (κ1) is 17.2. The van der Waals surface area contributed by atoms with Gasteiger partial charge in [0, 0.05) is 24.7 Å². The van der Waals surface area contributed by atoms with Gasteiger partial charge in [-0.2, -0.15) is 0 Å². The summed E-state index contributed by atoms with van der Waals surface area (Å²) < 4.78 is 5.49. The minimum absolute atomic E-state index is 0.105. The molecule has 2 fully saturated rings. The highest BCUT2D eigenvalue weighted by atomic mass is 16.5. The van der Waals surface area contributed by atoms with Gasteiger partial charge >= 0.3 is 6.03 Å². The molecule has 0 aromatic rings. The van der Waals surface area contributed by atoms with Crippen molar-refractivity contribution in [3.8, 4) is 0 Å². The second kappa shape index (κ2) is 5.20. The third-order valence-corrected chi connectivity index (χ3v) is 5.43. The minimum atomic E-state index is -0.805. The summed E-state index contributed by atoms with van der Waals surface area (Å²) in [6, 6.07) is -0.255. The van der Waals surface area contributed by atoms with Gasteiger partial charge in [-0.1, -0.05) is 0 Å². The molecule has 0 radical (unpaired) electrons. The number of carbonyl (C=O) groups excluding carboxylic acids is 2. The summed E-state index contributed by atoms with van der Waals surface area (Å²) >= 11 is 0. The van der Waals surface area contributed by atoms with E-state index in [2.05, 4.69) is 39.6 Å². The predicted molar refractivity (Wildman–Crippen MR) is 84.4 cm³/mol. The summed E-state index contributed by atoms with van der Waals surface area (Å²) in [6.07, 6.45) is 1.23. The highest BCUT2D eigenvalue weighted by Gasteiger charge is 2.63. The normalized spacial score (nSPS) is 27.0. The molecule has 2 rings (SSSR count). The van der Waals surface area contributed by atoms with Crippen LogP contribution in [0, 0.1) is 0 Å². The molecule has 2 saturated heterocycles. The average Bonchev–Trinajstić information content (AvgIpc) is 2.56. The van der Waals surface area contributed by atoms with Gasteiger partial charge in [-0.3, -0.25) is 19.5 Å². The van der Waals surface area contributed by atoms with Crippen LogP contribution in [-0.4, -0.2) is 70.7 Å². The Kier molecular flexibility index (Phi) is 4.07. The Bertz CT molecular complexity index is 469. The molecule has 0 aromatic carbocycles. The van der Waals surface area contributed by atoms with E-state index in [4.69, 9.17) is 4.74 Å². The zero-order chi connectivity index (χ0) is 16.9. The van der Waals surface area contributed by atoms with Gasteiger partial charge in [0.05, 0.1) is 0 Å². The first-order valence-electron chi connectivity index (χ1n) is 7.91. The third-order valence-electron chi connectivity index (χ3n) is 5.43. The third kappa shape index (κ3) is 2.33. The quantitative estimate of drug-likeness (QED) is 0.747. The Morgan fingerprint density at radius 3 is 2.00 bits per heavy atom. The Hall–Kier alpha value is -1.14. The Balaban J connectivity index is 2.48. The van der Waals surface area contributed by atoms with Crippen LogP contribution < -0.4 is 0 Å². The minimum Gasteiger partial charge on any atom is -0.361 e. The van der Waals surface area contributed by atoms with E-state index < -0.39 is 5.54 Å². The number of carbonyl (C=O) groups is 2. The number of urea groups is 1. The molecule has 0 bridgehead atoms. The van der Waals surface area contributed by atoms with Crippen LogP contribution in [0.4, 0.5) is 4.79 Å². The van der Waals surface area contributed by atoms with E-state index in [0.29, 0.717) is 19.4 Å². The maximum absolute atomic E-state index is 12.9. The fourth-order valence-corrected chi connectivity index (χ4v) is 4.13. The van der Waals surface area contributed by atoms with E-state index in [1.807, 2.05) is 6.92 Å². The number of hydrogen-bond acceptors (Lipinski definition) is 4. The number of likely N-dealkylation sites (tertiary alicyclic amines) is 1. The lowest BCUT2D eigenvalue weighted by molar-refractivity contribution is -0.148. The lowest BCUT2D eigenvalue weighted by Gasteiger charge is -2.57. The highest BCUT2D eigenvalue weighted by molar-refractivity contribution is 6.07. The molecule has 22 heavy (non-hydrogen) atoms. The molecule has 126 valence electrons. The van der Waals surface area contributed by atoms with Crippen LogP contribution >= 0.6 is 0 Å². The zero-order valence-electron chi connectivity index (χ0n) is 14.9. The molecular weight excluding hydrogens is 282 g/mol. The molecule has 6 heteroatoms. The first-order valence-corrected chi connectivity index (χ1v) is 7.91. The van der Waals surface area contributed by atoms with E-state index in [-0.39, 0.29) is 29.7 Å². The lowest BCUT2D eigenvalue weighted by atomic mass is 9.68. The number of hydrogen-bond donors (Lipinski definition) is 0. The number of likely N-dealkylation sites (N-methyl/N-ethyl adjacent to an activating group) is 1. The van der Waals surface area contributed by atoms with Crippen LogP contribution in [0.1, 0.15) is 47.5 Å². The topological polar surface area (TPSA) is 53.1 Å². The van der Waals surface area contributed by atoms with Gasteiger partial charge in [0.2, 0.25) is 0 Å². The van der Waals surface area contributed by atoms with Crippen LogP contribution in [0.3, 0.4) is 0 Å². The van der Waals surface area contributed by atoms with Crippen LogP contribution in [0.2, 0.25) is 0 Å². The lowest BCUT2D eigenvalue weighted by Crippen LogP contribution is -2.69. The van der Waals surface area contributed by atoms with Crippen LogP contribution in [0.25, 0.3) is 0 Å². The molecule has 2 aliphatic rings. The van der Waals surface area contributed by atoms with Crippen molar-refractivity contribution in [1.29, 1.82) is 0 Å². The molecular formula is C16H29N3O3. The van der Waals surface area contributed by atoms with Crippen molar-refractivity contribution in [1.82, 2.24) is 14.7 Å². The fraction of sp³-hybridized carbons (Fsp3) is 0.875. The summed E-state index contributed by atoms with van der Waals surface area (Å²) in [5.74, 6) is -0.105. The fourth-order valence-electron chi connectivity index (χ4n) is 4.13. The summed E-state index contributed by atoms with van der Waals surface area (Å²) in [4.78, 5) is 30.7. The van der Waals surface area contributed by atoms with E-state index in [1.165, 1.54) is 4.90 Å². The Morgan fingerprint density at radius 1 is 1.05 bits per heavy atom. The molecule has 0 unspecified atom stereocenters. The van der Waals surface area contributed by atoms with Crippen LogP contribution in [-0.2, 0) is 9.53 Å². The molecule has 2 heterocycles. The Morgan fingerprint density at radius 2 is 1.55 bits per heavy atom. The van der Waals surface area contributed by atoms with Crippen molar-refractivity contribution in [2.24, 2.45) is 0 Å². The highest BCUT2D eigenvalue weighted by Crippen LogP contribution is 2.48. The van der Waals surface area contributed by atoms with Gasteiger partial charge < -0.3 is 4.74 Å². The van der Waals surface area contributed by atoms with E-state index >= 15 is 0 Å². The van der Waals surface area contributed by atoms with E-state index in [0.717, 1.165) is 0 Å². The molecule has 0 saturated carbocycles. The van der Waals surface area contributed by atoms with Crippen LogP contribution in [0.15, 0.2) is 0 Å². The maximum atomic E-state index is 12.9. The zero-order valence-corrected chi connectivity index (χ0v) is 14.9. The van der Waals surface area contributed by atoms with E-state index in [1.54, 1.807) is 11.9 Å². The number of piperidine rings is 1. The Labute approximate surface area is 133 Å². The number of ether oxygens (including phenoxy) is 1. The van der Waals surface area contributed by atoms with Crippen molar-refractivity contribution in [3.05, 3.63) is 0 Å². The molecule has 6 nitrogen and oxygen atoms in total. The molecule has 0 N–H and O–H groups in total. The number of amides is 3. The second-order valence-corrected chi connectivity index (χ2v) is 7.77. The SMILES string of the molecule is CCOCN1C(=O)N(C)C(=O)C12CC(C)(C)N(C)C(C)(C)C2. The van der Waals surface area contributed by atoms with Gasteiger partial charge in [-0.05, 0) is 54.5 Å². The van der Waals surface area contributed by atoms with Crippen molar-refractivity contribution in [3.63, 3.8) is 0 Å². The van der Waals surface area contributed by atoms with Crippen LogP contribution in [0.5, 0.6) is 0 Å². The maximum Gasteiger partial charge on any atom is 0.329 e. The molecule has 2 aliphatic heterocycles. The first-order chi connectivity index (χ1) is 9.99. The smallest absolute Gasteiger partial charge is 0.329 e. The monoisotopic (exact) mass is 311 g/mol. The van der Waals surface area contributed by atoms with E-state index in [9.17, 15) is 9.59 Å². The largest absolute Gasteiger partial charge is 0.361 e. The molecule has 0 aromatic heterocycles. The standard InChI is InChI=1S/C16H29N3O3/c1-8-22-11-19-13(21)17(6)12(20)16(19)9-14(2,3)18(7)15(4,5)10-16/h8-11H2,1-7H3. The molecule has 3 amide bonds. The van der Waals surface area contributed by atoms with Crippen molar-refractivity contribution < 1.29 is 14.3 Å². The van der Waals surface area contributed by atoms with Gasteiger partial charge in [0.25, 0.3) is 5.91 Å². The van der Waals surface area contributed by atoms with Crippen molar-refractivity contribution >= 4 is 11.9 Å². The summed E-state index contributed by atoms with van der Waals surface area (Å²) in [7, 11) is 3.65. The summed E-state index contributed by atoms with van der Waals surface area (Å²) in [6.45, 7) is 11.1. The predicted octanol–water partition coefficient (Wildman–Crippen LogP) is 1.90. The van der Waals surface area contributed by atoms with Gasteiger partial charge in [0.1, 0.15) is 12.3 Å². The summed E-state index contributed by atoms with van der Waals surface area (Å²) in [5, 5.41) is 0. The number of rotatable bonds is 3. The summed E-state index contributed by atoms with van der Waals surface area (Å²) in [5.41, 5.74) is -1.18. The van der Waals surface area contributed by atoms with Gasteiger partial charge in [0.15, 0.2) is 0 Å². The van der Waals surface area contributed by atoms with Crippen molar-refractivity contribution in [2.75, 3.05) is 27.4 Å². The molecule has 1 spiro atoms. The second-order valence-electron chi connectivity index (χ2n) is 7.77. The van der Waals surface area contributed by atoms with Crippen molar-refractivity contribution in [2.45, 2.75) is 64.1 Å². The average molecular weight is 311 g/mol. The number of nitrogens with zero attached hydrogens (tertiary/aromatic N) is 3. The molecule has 0 atom stereocenters. The number of imide groups is 1. The molecule has 0 aliphatic carbocycles.